The van der Waals surface area contributed by atoms with Crippen LogP contribution in [0.1, 0.15) is 112 Å². The fraction of sp³-hybridized carbons (Fsp3) is 0.350. The molecule has 1 aromatic carbocycles. The van der Waals surface area contributed by atoms with E-state index >= 15 is 0 Å². The Morgan fingerprint density at radius 1 is 0.543 bits per heavy atom. The molecule has 5 heterocycles. The van der Waals surface area contributed by atoms with Gasteiger partial charge in [0.2, 0.25) is 0 Å². The maximum Gasteiger partial charge on any atom is 0.123 e. The number of hydrogen-bond acceptors (Lipinski definition) is 4. The lowest BCUT2D eigenvalue weighted by atomic mass is 10.0. The van der Waals surface area contributed by atoms with E-state index in [0.29, 0.717) is 11.1 Å². The van der Waals surface area contributed by atoms with Crippen molar-refractivity contribution < 1.29 is 10.2 Å². The van der Waals surface area contributed by atoms with Gasteiger partial charge < -0.3 is 20.2 Å². The van der Waals surface area contributed by atoms with Crippen LogP contribution in [0.2, 0.25) is 0 Å². The molecular weight excluding hydrogens is 568 g/mol. The van der Waals surface area contributed by atoms with Crippen LogP contribution in [-0.4, -0.2) is 30.1 Å². The van der Waals surface area contributed by atoms with Gasteiger partial charge in [0.05, 0.1) is 22.8 Å². The molecule has 4 aromatic rings. The molecule has 4 N–H and O–H groups in total. The number of rotatable bonds is 13. The predicted molar refractivity (Wildman–Crippen MR) is 193 cm³/mol. The van der Waals surface area contributed by atoms with Crippen molar-refractivity contribution in [3.8, 4) is 22.6 Å². The first-order valence-corrected chi connectivity index (χ1v) is 17.2. The number of aromatic nitrogens is 4. The van der Waals surface area contributed by atoms with E-state index in [1.165, 1.54) is 74.6 Å². The Balaban J connectivity index is 1.60. The van der Waals surface area contributed by atoms with Crippen LogP contribution in [0.25, 0.3) is 57.5 Å². The van der Waals surface area contributed by atoms with Gasteiger partial charge in [-0.3, -0.25) is 0 Å². The second kappa shape index (κ2) is 14.7. The minimum atomic E-state index is 0.0788. The lowest BCUT2D eigenvalue weighted by molar-refractivity contribution is 0.462. The molecule has 0 amide bonds. The fourth-order valence-corrected chi connectivity index (χ4v) is 6.59. The summed E-state index contributed by atoms with van der Waals surface area (Å²) in [6, 6.07) is 15.4. The van der Waals surface area contributed by atoms with Gasteiger partial charge >= 0.3 is 0 Å². The van der Waals surface area contributed by atoms with Crippen molar-refractivity contribution in [2.75, 3.05) is 0 Å². The van der Waals surface area contributed by atoms with Crippen LogP contribution < -0.4 is 0 Å². The van der Waals surface area contributed by atoms with Crippen LogP contribution in [0, 0.1) is 0 Å². The molecule has 0 spiro atoms. The average Bonchev–Trinajstić information content (AvgIpc) is 3.88. The van der Waals surface area contributed by atoms with E-state index in [1.54, 1.807) is 6.07 Å². The highest BCUT2D eigenvalue weighted by Crippen LogP contribution is 2.39. The van der Waals surface area contributed by atoms with Gasteiger partial charge in [0.25, 0.3) is 0 Å². The summed E-state index contributed by atoms with van der Waals surface area (Å²) < 4.78 is 0. The number of aryl methyl sites for hydroxylation is 2. The van der Waals surface area contributed by atoms with Crippen LogP contribution in [0.4, 0.5) is 0 Å². The molecule has 3 aromatic heterocycles. The number of H-pyrrole nitrogens is 2. The maximum atomic E-state index is 11.1. The number of benzene rings is 1. The molecule has 6 heteroatoms. The zero-order chi connectivity index (χ0) is 31.9. The Morgan fingerprint density at radius 3 is 1.57 bits per heavy atom. The summed E-state index contributed by atoms with van der Waals surface area (Å²) in [5, 5.41) is 21.5. The van der Waals surface area contributed by atoms with Gasteiger partial charge in [-0.15, -0.1) is 0 Å². The van der Waals surface area contributed by atoms with Crippen molar-refractivity contribution in [2.45, 2.75) is 90.9 Å². The molecule has 8 bridgehead atoms. The smallest absolute Gasteiger partial charge is 0.123 e. The Labute approximate surface area is 272 Å². The molecule has 0 atom stereocenters. The van der Waals surface area contributed by atoms with Crippen LogP contribution in [-0.2, 0) is 12.8 Å². The summed E-state index contributed by atoms with van der Waals surface area (Å²) in [5.41, 5.74) is 11.1. The van der Waals surface area contributed by atoms with Crippen LogP contribution in [0.5, 0.6) is 11.5 Å². The van der Waals surface area contributed by atoms with Crippen molar-refractivity contribution in [2.24, 2.45) is 0 Å². The standard InChI is InChI=1S/C40H46N4O2/c1-3-5-7-9-11-13-30-33-18-15-27(41-33)25-28-16-19-34(42-28)31(14-12-10-8-6-4-2)36-21-23-38(44-36)40(37-22-20-35(30)43-37)32-26-29(45)17-24-39(32)46/h15-26,41-42,45-46H,3-14H2,1-2H3. The fourth-order valence-electron chi connectivity index (χ4n) is 6.59. The molecule has 0 saturated heterocycles. The van der Waals surface area contributed by atoms with E-state index in [2.05, 4.69) is 66.3 Å². The summed E-state index contributed by atoms with van der Waals surface area (Å²) in [4.78, 5) is 17.7. The minimum absolute atomic E-state index is 0.0788. The first kappa shape index (κ1) is 31.4. The highest BCUT2D eigenvalue weighted by Gasteiger charge is 2.20. The van der Waals surface area contributed by atoms with Crippen LogP contribution in [0.3, 0.4) is 0 Å². The van der Waals surface area contributed by atoms with E-state index in [1.807, 2.05) is 12.2 Å². The zero-order valence-corrected chi connectivity index (χ0v) is 27.2. The average molecular weight is 615 g/mol. The van der Waals surface area contributed by atoms with Gasteiger partial charge in [0.1, 0.15) is 11.5 Å². The summed E-state index contributed by atoms with van der Waals surface area (Å²) in [6.07, 6.45) is 22.0. The molecule has 0 aliphatic carbocycles. The van der Waals surface area contributed by atoms with Crippen molar-refractivity contribution in [1.82, 2.24) is 19.9 Å². The largest absolute Gasteiger partial charge is 0.508 e. The first-order chi connectivity index (χ1) is 22.5. The van der Waals surface area contributed by atoms with Crippen molar-refractivity contribution >= 4 is 46.4 Å². The number of aromatic hydroxyl groups is 2. The predicted octanol–water partition coefficient (Wildman–Crippen LogP) is 10.8. The maximum absolute atomic E-state index is 11.1. The second-order valence-corrected chi connectivity index (χ2v) is 12.6. The lowest BCUT2D eigenvalue weighted by Gasteiger charge is -2.08. The number of phenolic OH excluding ortho intramolecular Hbond substituents is 2. The Hall–Kier alpha value is -4.58. The van der Waals surface area contributed by atoms with E-state index in [-0.39, 0.29) is 11.5 Å². The third-order valence-electron chi connectivity index (χ3n) is 9.10. The SMILES string of the molecule is CCCCCCCc1c2nc(c(-c3cc(O)ccc3O)c3nc(c(CCCCCCC)c4ccc(cc5ccc1[nH]5)[nH]4)C=C3)C=C2. The van der Waals surface area contributed by atoms with Crippen LogP contribution >= 0.6 is 0 Å². The third-order valence-corrected chi connectivity index (χ3v) is 9.10. The molecule has 2 aliphatic rings. The molecule has 6 nitrogen and oxygen atoms in total. The highest BCUT2D eigenvalue weighted by molar-refractivity contribution is 5.92. The minimum Gasteiger partial charge on any atom is -0.508 e. The van der Waals surface area contributed by atoms with Gasteiger partial charge in [0.15, 0.2) is 0 Å². The zero-order valence-electron chi connectivity index (χ0n) is 27.2. The highest BCUT2D eigenvalue weighted by atomic mass is 16.3. The summed E-state index contributed by atoms with van der Waals surface area (Å²) in [7, 11) is 0. The molecule has 0 radical (unpaired) electrons. The normalized spacial score (nSPS) is 12.3. The Bertz CT molecular complexity index is 1800. The first-order valence-electron chi connectivity index (χ1n) is 17.2. The molecule has 0 fully saturated rings. The number of nitrogens with one attached hydrogen (secondary N) is 2. The summed E-state index contributed by atoms with van der Waals surface area (Å²) in [5.74, 6) is 0.161. The van der Waals surface area contributed by atoms with Crippen molar-refractivity contribution in [3.05, 3.63) is 82.4 Å². The molecule has 6 rings (SSSR count). The topological polar surface area (TPSA) is 97.8 Å². The van der Waals surface area contributed by atoms with Gasteiger partial charge in [0, 0.05) is 44.3 Å². The lowest BCUT2D eigenvalue weighted by Crippen LogP contribution is -1.94. The van der Waals surface area contributed by atoms with E-state index in [4.69, 9.17) is 9.97 Å². The molecule has 0 unspecified atom stereocenters. The molecular formula is C40H46N4O2. The van der Waals surface area contributed by atoms with E-state index in [0.717, 1.165) is 70.5 Å². The summed E-state index contributed by atoms with van der Waals surface area (Å²) in [6.45, 7) is 4.49. The quantitative estimate of drug-likeness (QED) is 0.0768. The van der Waals surface area contributed by atoms with E-state index in [9.17, 15) is 10.2 Å². The van der Waals surface area contributed by atoms with Crippen LogP contribution in [0.15, 0.2) is 48.5 Å². The molecule has 238 valence electrons. The number of hydrogen-bond donors (Lipinski definition) is 4. The van der Waals surface area contributed by atoms with E-state index < -0.39 is 0 Å². The van der Waals surface area contributed by atoms with Gasteiger partial charge in [-0.1, -0.05) is 65.2 Å². The number of aromatic amines is 2. The third kappa shape index (κ3) is 7.12. The molecule has 46 heavy (non-hydrogen) atoms. The van der Waals surface area contributed by atoms with Gasteiger partial charge in [-0.05, 0) is 98.5 Å². The number of phenols is 2. The Kier molecular flexibility index (Phi) is 10.0. The number of nitrogens with zero attached hydrogens (tertiary/aromatic N) is 2. The number of fused-ring (bicyclic) bond motifs is 8. The van der Waals surface area contributed by atoms with Crippen molar-refractivity contribution in [1.29, 1.82) is 0 Å². The second-order valence-electron chi connectivity index (χ2n) is 12.6. The molecule has 0 saturated carbocycles. The summed E-state index contributed by atoms with van der Waals surface area (Å²) >= 11 is 0. The monoisotopic (exact) mass is 614 g/mol. The van der Waals surface area contributed by atoms with Gasteiger partial charge in [-0.2, -0.15) is 0 Å². The Morgan fingerprint density at radius 2 is 1.04 bits per heavy atom. The van der Waals surface area contributed by atoms with Gasteiger partial charge in [-0.25, -0.2) is 9.97 Å². The van der Waals surface area contributed by atoms with Crippen molar-refractivity contribution in [3.63, 3.8) is 0 Å². The number of unbranched alkanes of at least 4 members (excludes halogenated alkanes) is 8. The molecule has 2 aliphatic heterocycles.